The molecule has 1 amide bonds. The predicted molar refractivity (Wildman–Crippen MR) is 196 cm³/mol. The van der Waals surface area contributed by atoms with Crippen molar-refractivity contribution in [1.29, 1.82) is 0 Å². The van der Waals surface area contributed by atoms with E-state index in [0.717, 1.165) is 54.1 Å². The molecule has 10 nitrogen and oxygen atoms in total. The van der Waals surface area contributed by atoms with Gasteiger partial charge in [-0.1, -0.05) is 29.8 Å². The van der Waals surface area contributed by atoms with E-state index in [1.807, 2.05) is 30.3 Å². The summed E-state index contributed by atoms with van der Waals surface area (Å²) in [5.41, 5.74) is 5.52. The van der Waals surface area contributed by atoms with E-state index in [4.69, 9.17) is 26.1 Å². The molecule has 2 aliphatic rings. The molecule has 53 heavy (non-hydrogen) atoms. The highest BCUT2D eigenvalue weighted by atomic mass is 35.5. The molecule has 1 saturated heterocycles. The first-order valence-corrected chi connectivity index (χ1v) is 17.7. The lowest BCUT2D eigenvalue weighted by Gasteiger charge is -2.29. The number of ether oxygens (including phenoxy) is 2. The number of pyridine rings is 1. The highest BCUT2D eigenvalue weighted by Gasteiger charge is 2.24. The van der Waals surface area contributed by atoms with Crippen LogP contribution in [0.15, 0.2) is 72.8 Å². The van der Waals surface area contributed by atoms with E-state index in [0.29, 0.717) is 52.9 Å². The number of carbonyl (C=O) groups excluding carboxylic acids is 1. The van der Waals surface area contributed by atoms with Gasteiger partial charge in [-0.05, 0) is 79.4 Å². The largest absolute Gasteiger partial charge is 0.473 e. The van der Waals surface area contributed by atoms with Crippen LogP contribution >= 0.6 is 11.6 Å². The van der Waals surface area contributed by atoms with Gasteiger partial charge in [-0.25, -0.2) is 23.1 Å². The average Bonchev–Trinajstić information content (AvgIpc) is 3.71. The molecule has 6 aromatic rings. The molecule has 8 rings (SSSR count). The Balaban J connectivity index is 0.971. The maximum Gasteiger partial charge on any atom is 0.282 e. The molecular weight excluding hydrogens is 707 g/mol. The van der Waals surface area contributed by atoms with Gasteiger partial charge >= 0.3 is 0 Å². The van der Waals surface area contributed by atoms with Gasteiger partial charge in [0.05, 0.1) is 41.4 Å². The third-order valence-electron chi connectivity index (χ3n) is 9.73. The van der Waals surface area contributed by atoms with Gasteiger partial charge in [0.2, 0.25) is 5.88 Å². The molecule has 0 radical (unpaired) electrons. The Bertz CT molecular complexity index is 2370. The number of carbonyl (C=O) groups is 1. The van der Waals surface area contributed by atoms with Crippen molar-refractivity contribution in [1.82, 2.24) is 29.6 Å². The average molecular weight is 742 g/mol. The molecule has 2 aliphatic heterocycles. The number of alkyl halides is 2. The topological polar surface area (TPSA) is 110 Å². The van der Waals surface area contributed by atoms with Crippen molar-refractivity contribution in [3.8, 4) is 5.88 Å². The maximum atomic E-state index is 14.2. The number of amides is 1. The Kier molecular flexibility index (Phi) is 9.62. The maximum absolute atomic E-state index is 14.2. The first-order valence-electron chi connectivity index (χ1n) is 17.3. The van der Waals surface area contributed by atoms with Crippen LogP contribution in [-0.4, -0.2) is 61.3 Å². The summed E-state index contributed by atoms with van der Waals surface area (Å²) in [6.07, 6.45) is 1.25. The number of aromatic amines is 1. The number of halogens is 4. The number of fused-ring (bicyclic) bond motifs is 2. The third-order valence-corrected chi connectivity index (χ3v) is 9.97. The van der Waals surface area contributed by atoms with E-state index in [-0.39, 0.29) is 29.4 Å². The summed E-state index contributed by atoms with van der Waals surface area (Å²) in [7, 11) is 0. The van der Waals surface area contributed by atoms with Crippen LogP contribution in [0.25, 0.3) is 27.5 Å². The van der Waals surface area contributed by atoms with Crippen LogP contribution in [0, 0.1) is 12.7 Å². The molecule has 1 fully saturated rings. The van der Waals surface area contributed by atoms with Gasteiger partial charge in [0.25, 0.3) is 12.3 Å². The fraction of sp³-hybridized carbons (Fsp3) is 0.282. The van der Waals surface area contributed by atoms with Crippen molar-refractivity contribution in [2.24, 2.45) is 0 Å². The molecule has 0 aliphatic carbocycles. The van der Waals surface area contributed by atoms with Crippen molar-refractivity contribution in [2.75, 3.05) is 25.0 Å². The molecule has 5 heterocycles. The van der Waals surface area contributed by atoms with Crippen LogP contribution in [0.5, 0.6) is 5.88 Å². The third kappa shape index (κ3) is 7.37. The predicted octanol–water partition coefficient (Wildman–Crippen LogP) is 8.26. The van der Waals surface area contributed by atoms with E-state index in [1.54, 1.807) is 31.2 Å². The Morgan fingerprint density at radius 1 is 1.13 bits per heavy atom. The summed E-state index contributed by atoms with van der Waals surface area (Å²) in [6.45, 7) is 5.27. The van der Waals surface area contributed by atoms with Gasteiger partial charge < -0.3 is 19.4 Å². The molecule has 3 aromatic carbocycles. The minimum atomic E-state index is -2.77. The van der Waals surface area contributed by atoms with Gasteiger partial charge in [-0.15, -0.1) is 0 Å². The van der Waals surface area contributed by atoms with E-state index < -0.39 is 18.1 Å². The summed E-state index contributed by atoms with van der Waals surface area (Å²) in [5, 5.41) is 9.86. The van der Waals surface area contributed by atoms with E-state index in [2.05, 4.69) is 36.0 Å². The number of benzene rings is 3. The lowest BCUT2D eigenvalue weighted by atomic mass is 10.0. The summed E-state index contributed by atoms with van der Waals surface area (Å²) in [5.74, 6) is 0.460. The molecule has 0 bridgehead atoms. The second-order valence-electron chi connectivity index (χ2n) is 13.3. The van der Waals surface area contributed by atoms with Crippen molar-refractivity contribution in [3.05, 3.63) is 118 Å². The van der Waals surface area contributed by atoms with Crippen LogP contribution in [0.1, 0.15) is 58.0 Å². The molecule has 272 valence electrons. The lowest BCUT2D eigenvalue weighted by Crippen LogP contribution is -2.33. The molecular formula is C39H35ClF3N7O3. The van der Waals surface area contributed by atoms with Crippen LogP contribution in [-0.2, 0) is 24.4 Å². The number of hydrogen-bond acceptors (Lipinski definition) is 7. The molecule has 3 aromatic heterocycles. The first kappa shape index (κ1) is 34.8. The SMILES string of the molecule is Cc1cc(C(=O)Nc2ccc3c(c2)nc(CN2CC=C(c4cccc(OCc5ccc(Cl)cc5F)n4)CC2)n3C[C@@H]2CCO2)cc2c(C(F)F)n[nH]c12. The second-order valence-corrected chi connectivity index (χ2v) is 13.7. The second kappa shape index (κ2) is 14.6. The number of hydrogen-bond donors (Lipinski definition) is 2. The molecule has 0 unspecified atom stereocenters. The van der Waals surface area contributed by atoms with Crippen LogP contribution in [0.2, 0.25) is 5.02 Å². The minimum Gasteiger partial charge on any atom is -0.473 e. The fourth-order valence-corrected chi connectivity index (χ4v) is 6.94. The number of imidazole rings is 1. The summed E-state index contributed by atoms with van der Waals surface area (Å²) < 4.78 is 55.1. The highest BCUT2D eigenvalue weighted by Crippen LogP contribution is 2.30. The Morgan fingerprint density at radius 2 is 2.00 bits per heavy atom. The monoisotopic (exact) mass is 741 g/mol. The quantitative estimate of drug-likeness (QED) is 0.138. The zero-order valence-corrected chi connectivity index (χ0v) is 29.5. The van der Waals surface area contributed by atoms with Gasteiger partial charge in [-0.2, -0.15) is 5.10 Å². The first-order chi connectivity index (χ1) is 25.7. The van der Waals surface area contributed by atoms with Crippen LogP contribution in [0.3, 0.4) is 0 Å². The normalized spacial score (nSPS) is 16.3. The summed E-state index contributed by atoms with van der Waals surface area (Å²) in [4.78, 5) is 25.3. The summed E-state index contributed by atoms with van der Waals surface area (Å²) >= 11 is 5.87. The lowest BCUT2D eigenvalue weighted by molar-refractivity contribution is -0.0591. The number of aryl methyl sites for hydroxylation is 1. The molecule has 0 spiro atoms. The van der Waals surface area contributed by atoms with Crippen molar-refractivity contribution >= 4 is 50.7 Å². The van der Waals surface area contributed by atoms with E-state index in [1.165, 1.54) is 12.1 Å². The van der Waals surface area contributed by atoms with Gasteiger partial charge in [0, 0.05) is 53.0 Å². The standard InChI is InChI=1S/C39H35ClF3N7O3/c1-22-15-25(16-29-36(22)47-48-37(29)38(42)43)39(51)44-27-7-8-33-32(18-27)45-34(50(33)19-28-11-14-52-28)20-49-12-9-23(10-13-49)31-3-2-4-35(46-31)53-21-24-5-6-26(40)17-30(24)41/h2-9,15-18,28,38H,10-14,19-21H2,1H3,(H,44,51)(H,47,48)/t28-/m0/s1. The van der Waals surface area contributed by atoms with Crippen molar-refractivity contribution in [3.63, 3.8) is 0 Å². The summed E-state index contributed by atoms with van der Waals surface area (Å²) in [6, 6.07) is 18.8. The van der Waals surface area contributed by atoms with Crippen LogP contribution in [0.4, 0.5) is 18.9 Å². The minimum absolute atomic E-state index is 0.0410. The van der Waals surface area contributed by atoms with Crippen molar-refractivity contribution in [2.45, 2.75) is 52.0 Å². The zero-order valence-electron chi connectivity index (χ0n) is 28.7. The Morgan fingerprint density at radius 3 is 2.75 bits per heavy atom. The van der Waals surface area contributed by atoms with Gasteiger partial charge in [-0.3, -0.25) is 14.8 Å². The molecule has 1 atom stereocenters. The smallest absolute Gasteiger partial charge is 0.282 e. The number of nitrogens with one attached hydrogen (secondary N) is 2. The highest BCUT2D eigenvalue weighted by molar-refractivity contribution is 6.30. The Labute approximate surface area is 307 Å². The van der Waals surface area contributed by atoms with Gasteiger partial charge in [0.1, 0.15) is 23.9 Å². The van der Waals surface area contributed by atoms with Crippen LogP contribution < -0.4 is 10.1 Å². The number of H-pyrrole nitrogens is 1. The molecule has 14 heteroatoms. The number of anilines is 1. The van der Waals surface area contributed by atoms with Gasteiger partial charge in [0.15, 0.2) is 0 Å². The Hall–Kier alpha value is -5.24. The van der Waals surface area contributed by atoms with E-state index >= 15 is 0 Å². The van der Waals surface area contributed by atoms with E-state index in [9.17, 15) is 18.0 Å². The fourth-order valence-electron chi connectivity index (χ4n) is 6.78. The number of nitrogens with zero attached hydrogens (tertiary/aromatic N) is 5. The number of aromatic nitrogens is 5. The molecule has 0 saturated carbocycles. The zero-order chi connectivity index (χ0) is 36.6. The number of rotatable bonds is 11. The van der Waals surface area contributed by atoms with Crippen molar-refractivity contribution < 1.29 is 27.4 Å². The molecule has 2 N–H and O–H groups in total.